The van der Waals surface area contributed by atoms with Crippen molar-refractivity contribution >= 4 is 27.7 Å². The largest absolute Gasteiger partial charge is 0.358 e. The highest BCUT2D eigenvalue weighted by Gasteiger charge is 2.13. The molecule has 5 nitrogen and oxygen atoms in total. The highest BCUT2D eigenvalue weighted by Crippen LogP contribution is 2.13. The summed E-state index contributed by atoms with van der Waals surface area (Å²) in [6.07, 6.45) is 0.752. The molecule has 1 rings (SSSR count). The Morgan fingerprint density at radius 3 is 2.63 bits per heavy atom. The lowest BCUT2D eigenvalue weighted by molar-refractivity contribution is -0.121. The first-order valence-electron chi connectivity index (χ1n) is 6.50. The van der Waals surface area contributed by atoms with Crippen molar-refractivity contribution in [3.63, 3.8) is 0 Å². The molecule has 1 atom stereocenters. The molecule has 1 unspecified atom stereocenters. The Balaban J connectivity index is 2.63. The molecule has 0 bridgehead atoms. The Bertz CT molecular complexity index is 437. The number of nitrogens with zero attached hydrogens (tertiary/aromatic N) is 2. The van der Waals surface area contributed by atoms with Crippen LogP contribution in [0.2, 0.25) is 0 Å². The van der Waals surface area contributed by atoms with Gasteiger partial charge in [-0.3, -0.25) is 4.79 Å². The molecule has 6 heteroatoms. The number of amides is 1. The normalized spacial score (nSPS) is 12.3. The van der Waals surface area contributed by atoms with Crippen molar-refractivity contribution in [3.05, 3.63) is 16.5 Å². The maximum Gasteiger partial charge on any atom is 0.242 e. The van der Waals surface area contributed by atoms with E-state index in [1.165, 1.54) is 0 Å². The van der Waals surface area contributed by atoms with Gasteiger partial charge in [0, 0.05) is 19.0 Å². The fourth-order valence-corrected chi connectivity index (χ4v) is 1.86. The van der Waals surface area contributed by atoms with E-state index in [2.05, 4.69) is 50.4 Å². The highest BCUT2D eigenvalue weighted by molar-refractivity contribution is 9.10. The van der Waals surface area contributed by atoms with Crippen LogP contribution in [-0.2, 0) is 11.2 Å². The number of nitrogens with one attached hydrogen (secondary N) is 2. The number of hydrogen-bond donors (Lipinski definition) is 2. The first-order chi connectivity index (χ1) is 8.92. The number of aromatic nitrogens is 2. The van der Waals surface area contributed by atoms with E-state index in [0.717, 1.165) is 16.8 Å². The second-order valence-corrected chi connectivity index (χ2v) is 5.66. The first kappa shape index (κ1) is 15.9. The molecule has 0 aliphatic rings. The standard InChI is InChI=1S/C13H21BrN4O/c1-5-11-17-10(14)6-12(18-11)16-9(4)13(19)15-7-8(2)3/h6,8-9H,5,7H2,1-4H3,(H,15,19)(H,16,17,18). The molecule has 0 radical (unpaired) electrons. The lowest BCUT2D eigenvalue weighted by Crippen LogP contribution is -2.39. The van der Waals surface area contributed by atoms with Crippen LogP contribution in [0.25, 0.3) is 0 Å². The summed E-state index contributed by atoms with van der Waals surface area (Å²) >= 11 is 3.34. The van der Waals surface area contributed by atoms with Crippen molar-refractivity contribution < 1.29 is 4.79 Å². The molecule has 106 valence electrons. The highest BCUT2D eigenvalue weighted by atomic mass is 79.9. The van der Waals surface area contributed by atoms with Gasteiger partial charge in [-0.05, 0) is 28.8 Å². The first-order valence-corrected chi connectivity index (χ1v) is 7.29. The van der Waals surface area contributed by atoms with E-state index >= 15 is 0 Å². The number of carbonyl (C=O) groups excluding carboxylic acids is 1. The Morgan fingerprint density at radius 1 is 1.37 bits per heavy atom. The second-order valence-electron chi connectivity index (χ2n) is 4.85. The van der Waals surface area contributed by atoms with Crippen LogP contribution in [0.4, 0.5) is 5.82 Å². The predicted octanol–water partition coefficient (Wildman–Crippen LogP) is 2.37. The zero-order chi connectivity index (χ0) is 14.4. The maximum absolute atomic E-state index is 11.9. The van der Waals surface area contributed by atoms with Gasteiger partial charge in [0.2, 0.25) is 5.91 Å². The zero-order valence-electron chi connectivity index (χ0n) is 11.8. The summed E-state index contributed by atoms with van der Waals surface area (Å²) in [4.78, 5) is 20.4. The van der Waals surface area contributed by atoms with Crippen molar-refractivity contribution in [3.8, 4) is 0 Å². The summed E-state index contributed by atoms with van der Waals surface area (Å²) in [6, 6.07) is 1.44. The Kier molecular flexibility index (Phi) is 6.21. The van der Waals surface area contributed by atoms with Gasteiger partial charge in [-0.25, -0.2) is 9.97 Å². The number of anilines is 1. The van der Waals surface area contributed by atoms with Gasteiger partial charge in [0.15, 0.2) is 0 Å². The van der Waals surface area contributed by atoms with Gasteiger partial charge < -0.3 is 10.6 Å². The van der Waals surface area contributed by atoms with E-state index < -0.39 is 0 Å². The van der Waals surface area contributed by atoms with Crippen LogP contribution in [0, 0.1) is 5.92 Å². The van der Waals surface area contributed by atoms with Crippen LogP contribution < -0.4 is 10.6 Å². The summed E-state index contributed by atoms with van der Waals surface area (Å²) in [5.41, 5.74) is 0. The summed E-state index contributed by atoms with van der Waals surface area (Å²) in [5, 5.41) is 5.98. The van der Waals surface area contributed by atoms with Gasteiger partial charge in [0.1, 0.15) is 22.3 Å². The SMILES string of the molecule is CCc1nc(Br)cc(NC(C)C(=O)NCC(C)C)n1. The minimum atomic E-state index is -0.328. The molecule has 1 aromatic rings. The molecule has 0 saturated carbocycles. The lowest BCUT2D eigenvalue weighted by Gasteiger charge is -2.16. The summed E-state index contributed by atoms with van der Waals surface area (Å²) < 4.78 is 0.719. The van der Waals surface area contributed by atoms with E-state index in [4.69, 9.17) is 0 Å². The van der Waals surface area contributed by atoms with Gasteiger partial charge in [-0.1, -0.05) is 20.8 Å². The van der Waals surface area contributed by atoms with Gasteiger partial charge >= 0.3 is 0 Å². The molecule has 0 spiro atoms. The Hall–Kier alpha value is -1.17. The topological polar surface area (TPSA) is 66.9 Å². The molecule has 0 aliphatic heterocycles. The summed E-state index contributed by atoms with van der Waals surface area (Å²) in [6.45, 7) is 8.61. The van der Waals surface area contributed by atoms with Crippen LogP contribution in [0.3, 0.4) is 0 Å². The summed E-state index contributed by atoms with van der Waals surface area (Å²) in [5.74, 6) is 1.81. The van der Waals surface area contributed by atoms with Crippen molar-refractivity contribution in [2.75, 3.05) is 11.9 Å². The van der Waals surface area contributed by atoms with Crippen molar-refractivity contribution in [2.24, 2.45) is 5.92 Å². The van der Waals surface area contributed by atoms with Gasteiger partial charge in [-0.15, -0.1) is 0 Å². The lowest BCUT2D eigenvalue weighted by atomic mass is 10.2. The van der Waals surface area contributed by atoms with E-state index in [0.29, 0.717) is 18.3 Å². The molecule has 2 N–H and O–H groups in total. The van der Waals surface area contributed by atoms with E-state index in [1.807, 2.05) is 13.8 Å². The van der Waals surface area contributed by atoms with Crippen LogP contribution >= 0.6 is 15.9 Å². The monoisotopic (exact) mass is 328 g/mol. The van der Waals surface area contributed by atoms with Crippen molar-refractivity contribution in [1.29, 1.82) is 0 Å². The maximum atomic E-state index is 11.9. The Labute approximate surface area is 122 Å². The average Bonchev–Trinajstić information content (AvgIpc) is 2.34. The fraction of sp³-hybridized carbons (Fsp3) is 0.615. The van der Waals surface area contributed by atoms with Crippen molar-refractivity contribution in [1.82, 2.24) is 15.3 Å². The number of halogens is 1. The van der Waals surface area contributed by atoms with Gasteiger partial charge in [0.25, 0.3) is 0 Å². The smallest absolute Gasteiger partial charge is 0.242 e. The van der Waals surface area contributed by atoms with Crippen LogP contribution in [0.1, 0.15) is 33.5 Å². The number of carbonyl (C=O) groups is 1. The molecule has 1 amide bonds. The third-order valence-electron chi connectivity index (χ3n) is 2.50. The number of hydrogen-bond acceptors (Lipinski definition) is 4. The number of aryl methyl sites for hydroxylation is 1. The van der Waals surface area contributed by atoms with Crippen LogP contribution in [0.5, 0.6) is 0 Å². The predicted molar refractivity (Wildman–Crippen MR) is 80.0 cm³/mol. The molecule has 19 heavy (non-hydrogen) atoms. The molecule has 0 saturated heterocycles. The quantitative estimate of drug-likeness (QED) is 0.787. The van der Waals surface area contributed by atoms with E-state index in [1.54, 1.807) is 6.07 Å². The molecule has 1 aromatic heterocycles. The third-order valence-corrected chi connectivity index (χ3v) is 2.91. The molecule has 1 heterocycles. The minimum Gasteiger partial charge on any atom is -0.358 e. The van der Waals surface area contributed by atoms with Gasteiger partial charge in [-0.2, -0.15) is 0 Å². The second kappa shape index (κ2) is 7.43. The van der Waals surface area contributed by atoms with Crippen LogP contribution in [-0.4, -0.2) is 28.5 Å². The molecular weight excluding hydrogens is 308 g/mol. The fourth-order valence-electron chi connectivity index (χ4n) is 1.44. The van der Waals surface area contributed by atoms with Crippen molar-refractivity contribution in [2.45, 2.75) is 40.2 Å². The van der Waals surface area contributed by atoms with Gasteiger partial charge in [0.05, 0.1) is 0 Å². The third kappa shape index (κ3) is 5.55. The molecule has 0 aromatic carbocycles. The molecular formula is C13H21BrN4O. The minimum absolute atomic E-state index is 0.0264. The number of rotatable bonds is 6. The van der Waals surface area contributed by atoms with E-state index in [-0.39, 0.29) is 11.9 Å². The Morgan fingerprint density at radius 2 is 2.05 bits per heavy atom. The summed E-state index contributed by atoms with van der Waals surface area (Å²) in [7, 11) is 0. The molecule has 0 aliphatic carbocycles. The van der Waals surface area contributed by atoms with Crippen LogP contribution in [0.15, 0.2) is 10.7 Å². The molecule has 0 fully saturated rings. The average molecular weight is 329 g/mol. The van der Waals surface area contributed by atoms with E-state index in [9.17, 15) is 4.79 Å². The zero-order valence-corrected chi connectivity index (χ0v) is 13.4.